The number of anilines is 2. The van der Waals surface area contributed by atoms with E-state index in [1.807, 2.05) is 36.5 Å². The van der Waals surface area contributed by atoms with E-state index in [9.17, 15) is 4.79 Å². The smallest absolute Gasteiger partial charge is 0.259 e. The monoisotopic (exact) mass is 499 g/mol. The van der Waals surface area contributed by atoms with Crippen molar-refractivity contribution < 1.29 is 4.79 Å². The maximum atomic E-state index is 13.5. The Morgan fingerprint density at radius 1 is 1.11 bits per heavy atom. The van der Waals surface area contributed by atoms with E-state index >= 15 is 0 Å². The molecule has 1 aliphatic heterocycles. The second kappa shape index (κ2) is 10.2. The molecule has 0 spiro atoms. The van der Waals surface area contributed by atoms with Gasteiger partial charge in [0.05, 0.1) is 5.56 Å². The summed E-state index contributed by atoms with van der Waals surface area (Å²) < 4.78 is 0. The third kappa shape index (κ3) is 5.27. The second-order valence-electron chi connectivity index (χ2n) is 11.3. The Morgan fingerprint density at radius 2 is 1.86 bits per heavy atom. The predicted octanol–water partition coefficient (Wildman–Crippen LogP) is 7.81. The van der Waals surface area contributed by atoms with Crippen LogP contribution in [0.25, 0.3) is 0 Å². The Morgan fingerprint density at radius 3 is 2.56 bits per heavy atom. The fourth-order valence-electron chi connectivity index (χ4n) is 5.56. The van der Waals surface area contributed by atoms with Gasteiger partial charge in [-0.2, -0.15) is 0 Å². The van der Waals surface area contributed by atoms with Gasteiger partial charge in [0, 0.05) is 35.6 Å². The van der Waals surface area contributed by atoms with Crippen LogP contribution in [-0.2, 0) is 12.8 Å². The number of thiophene rings is 1. The molecule has 36 heavy (non-hydrogen) atoms. The normalized spacial score (nSPS) is 18.0. The molecule has 1 aromatic heterocycles. The van der Waals surface area contributed by atoms with Gasteiger partial charge in [-0.25, -0.2) is 4.99 Å². The number of para-hydroxylation sites is 1. The van der Waals surface area contributed by atoms with Gasteiger partial charge in [0.25, 0.3) is 5.91 Å². The molecule has 1 N–H and O–H groups in total. The number of hydrogen-bond donors (Lipinski definition) is 1. The number of carbonyl (C=O) groups excluding carboxylic acids is 1. The van der Waals surface area contributed by atoms with Crippen LogP contribution in [0, 0.1) is 18.3 Å². The third-order valence-corrected chi connectivity index (χ3v) is 8.89. The highest BCUT2D eigenvalue weighted by molar-refractivity contribution is 7.16. The third-order valence-electron chi connectivity index (χ3n) is 7.73. The summed E-state index contributed by atoms with van der Waals surface area (Å²) in [5.41, 5.74) is 6.70. The lowest BCUT2D eigenvalue weighted by atomic mass is 9.72. The van der Waals surface area contributed by atoms with Gasteiger partial charge >= 0.3 is 0 Å². The number of fused-ring (bicyclic) bond motifs is 1. The van der Waals surface area contributed by atoms with E-state index in [1.54, 1.807) is 11.3 Å². The molecule has 3 aromatic rings. The minimum atomic E-state index is -0.0550. The summed E-state index contributed by atoms with van der Waals surface area (Å²) in [6.45, 7) is 11.4. The van der Waals surface area contributed by atoms with Crippen LogP contribution in [-0.4, -0.2) is 25.2 Å². The van der Waals surface area contributed by atoms with Gasteiger partial charge in [-0.05, 0) is 91.3 Å². The molecule has 1 aliphatic carbocycles. The van der Waals surface area contributed by atoms with Crippen molar-refractivity contribution in [3.05, 3.63) is 75.7 Å². The van der Waals surface area contributed by atoms with Crippen molar-refractivity contribution in [1.29, 1.82) is 0 Å². The average molecular weight is 500 g/mol. The molecule has 0 radical (unpaired) electrons. The first-order valence-corrected chi connectivity index (χ1v) is 14.0. The minimum absolute atomic E-state index is 0.0550. The number of benzene rings is 2. The zero-order valence-electron chi connectivity index (χ0n) is 21.9. The van der Waals surface area contributed by atoms with Crippen molar-refractivity contribution in [1.82, 2.24) is 0 Å². The number of hydrogen-bond acceptors (Lipinski definition) is 4. The van der Waals surface area contributed by atoms with E-state index in [-0.39, 0.29) is 11.3 Å². The molecule has 1 fully saturated rings. The Labute approximate surface area is 219 Å². The number of nitrogens with one attached hydrogen (secondary N) is 1. The highest BCUT2D eigenvalue weighted by atomic mass is 32.1. The van der Waals surface area contributed by atoms with Crippen LogP contribution in [0.15, 0.2) is 53.5 Å². The number of amides is 1. The Hall–Kier alpha value is -2.92. The van der Waals surface area contributed by atoms with Crippen LogP contribution < -0.4 is 10.2 Å². The molecule has 1 saturated heterocycles. The molecular weight excluding hydrogens is 462 g/mol. The van der Waals surface area contributed by atoms with Gasteiger partial charge in [-0.15, -0.1) is 11.3 Å². The maximum Gasteiger partial charge on any atom is 0.259 e. The maximum absolute atomic E-state index is 13.5. The fraction of sp³-hybridized carbons (Fsp3) is 0.419. The van der Waals surface area contributed by atoms with Crippen molar-refractivity contribution in [2.45, 2.75) is 59.8 Å². The summed E-state index contributed by atoms with van der Waals surface area (Å²) in [5.74, 6) is 0.562. The lowest BCUT2D eigenvalue weighted by Crippen LogP contribution is -2.27. The molecule has 0 unspecified atom stereocenters. The first kappa shape index (κ1) is 24.8. The van der Waals surface area contributed by atoms with Crippen LogP contribution in [0.2, 0.25) is 0 Å². The highest BCUT2D eigenvalue weighted by Crippen LogP contribution is 2.45. The first-order chi connectivity index (χ1) is 17.3. The lowest BCUT2D eigenvalue weighted by molar-refractivity contribution is 0.102. The molecule has 5 heteroatoms. The van der Waals surface area contributed by atoms with Crippen LogP contribution in [0.1, 0.15) is 72.0 Å². The molecule has 0 saturated carbocycles. The molecule has 4 nitrogen and oxygen atoms in total. The first-order valence-electron chi connectivity index (χ1n) is 13.2. The van der Waals surface area contributed by atoms with Crippen LogP contribution in [0.4, 0.5) is 16.4 Å². The van der Waals surface area contributed by atoms with Crippen molar-refractivity contribution >= 4 is 39.8 Å². The van der Waals surface area contributed by atoms with Crippen molar-refractivity contribution in [2.24, 2.45) is 16.3 Å². The molecular formula is C31H37N3OS. The highest BCUT2D eigenvalue weighted by Gasteiger charge is 2.33. The quantitative estimate of drug-likeness (QED) is 0.364. The second-order valence-corrected chi connectivity index (χ2v) is 12.4. The van der Waals surface area contributed by atoms with E-state index in [0.29, 0.717) is 5.92 Å². The molecule has 2 heterocycles. The Balaban J connectivity index is 1.46. The largest absolute Gasteiger partial charge is 0.371 e. The van der Waals surface area contributed by atoms with Gasteiger partial charge in [0.1, 0.15) is 5.00 Å². The van der Waals surface area contributed by atoms with Gasteiger partial charge in [0.2, 0.25) is 0 Å². The summed E-state index contributed by atoms with van der Waals surface area (Å²) in [4.78, 5) is 22.2. The zero-order valence-corrected chi connectivity index (χ0v) is 22.8. The van der Waals surface area contributed by atoms with Crippen LogP contribution >= 0.6 is 11.3 Å². The van der Waals surface area contributed by atoms with Crippen LogP contribution in [0.3, 0.4) is 0 Å². The average Bonchev–Trinajstić information content (AvgIpc) is 3.50. The lowest BCUT2D eigenvalue weighted by Gasteiger charge is -2.33. The van der Waals surface area contributed by atoms with E-state index < -0.39 is 0 Å². The predicted molar refractivity (Wildman–Crippen MR) is 154 cm³/mol. The SMILES string of the molecule is Cc1cc(C=Nc2sc3c(c2C(=O)Nc2ccccc2)CC[C@@H](C(C)(C)C)C3)ccc1N1CCCC1. The Bertz CT molecular complexity index is 1260. The summed E-state index contributed by atoms with van der Waals surface area (Å²) in [6.07, 6.45) is 7.54. The van der Waals surface area contributed by atoms with Gasteiger partial charge < -0.3 is 10.2 Å². The minimum Gasteiger partial charge on any atom is -0.371 e. The van der Waals surface area contributed by atoms with Gasteiger partial charge in [0.15, 0.2) is 0 Å². The summed E-state index contributed by atoms with van der Waals surface area (Å²) in [5, 5.41) is 3.93. The number of carbonyl (C=O) groups is 1. The topological polar surface area (TPSA) is 44.7 Å². The fourth-order valence-corrected chi connectivity index (χ4v) is 6.82. The van der Waals surface area contributed by atoms with Crippen molar-refractivity contribution in [3.63, 3.8) is 0 Å². The summed E-state index contributed by atoms with van der Waals surface area (Å²) in [6, 6.07) is 16.3. The van der Waals surface area contributed by atoms with E-state index in [1.165, 1.54) is 34.5 Å². The molecule has 0 bridgehead atoms. The molecule has 2 aromatic carbocycles. The standard InChI is InChI=1S/C31H37N3OS/c1-21-18-22(12-15-26(21)34-16-8-9-17-34)20-32-30-28(29(35)33-24-10-6-5-7-11-24)25-14-13-23(31(2,3)4)19-27(25)36-30/h5-7,10-12,15,18,20,23H,8-9,13-14,16-17,19H2,1-4H3,(H,33,35)/t23-/m1/s1. The van der Waals surface area contributed by atoms with Crippen molar-refractivity contribution in [3.8, 4) is 0 Å². The molecule has 5 rings (SSSR count). The van der Waals surface area contributed by atoms with Gasteiger partial charge in [-0.1, -0.05) is 45.0 Å². The molecule has 1 amide bonds. The van der Waals surface area contributed by atoms with Crippen molar-refractivity contribution in [2.75, 3.05) is 23.3 Å². The van der Waals surface area contributed by atoms with Crippen LogP contribution in [0.5, 0.6) is 0 Å². The molecule has 1 atom stereocenters. The van der Waals surface area contributed by atoms with Gasteiger partial charge in [-0.3, -0.25) is 4.79 Å². The Kier molecular flexibility index (Phi) is 7.03. The number of aliphatic imine (C=N–C) groups is 1. The number of nitrogens with zero attached hydrogens (tertiary/aromatic N) is 2. The molecule has 2 aliphatic rings. The van der Waals surface area contributed by atoms with E-state index in [0.717, 1.165) is 54.2 Å². The molecule has 188 valence electrons. The van der Waals surface area contributed by atoms with E-state index in [2.05, 4.69) is 56.1 Å². The number of aryl methyl sites for hydroxylation is 1. The van der Waals surface area contributed by atoms with E-state index in [4.69, 9.17) is 4.99 Å². The zero-order chi connectivity index (χ0) is 25.3. The summed E-state index contributed by atoms with van der Waals surface area (Å²) >= 11 is 1.70. The summed E-state index contributed by atoms with van der Waals surface area (Å²) in [7, 11) is 0. The number of rotatable bonds is 5.